The highest BCUT2D eigenvalue weighted by Gasteiger charge is 2.26. The number of likely N-dealkylation sites (tertiary alicyclic amines) is 1. The van der Waals surface area contributed by atoms with E-state index in [0.29, 0.717) is 19.3 Å². The molecule has 2 aliphatic rings. The monoisotopic (exact) mass is 481 g/mol. The van der Waals surface area contributed by atoms with Crippen LogP contribution in [0.2, 0.25) is 0 Å². The summed E-state index contributed by atoms with van der Waals surface area (Å²) in [5.41, 5.74) is 0. The van der Waals surface area contributed by atoms with Crippen molar-refractivity contribution in [3.05, 3.63) is 0 Å². The van der Waals surface area contributed by atoms with Crippen LogP contribution in [0.25, 0.3) is 0 Å². The van der Waals surface area contributed by atoms with Gasteiger partial charge in [0.15, 0.2) is 5.96 Å². The second kappa shape index (κ2) is 13.6. The van der Waals surface area contributed by atoms with Gasteiger partial charge in [-0.1, -0.05) is 25.7 Å². The number of hydrogen-bond acceptors (Lipinski definition) is 4. The van der Waals surface area contributed by atoms with E-state index in [1.807, 2.05) is 0 Å². The van der Waals surface area contributed by atoms with Crippen LogP contribution in [0.15, 0.2) is 4.99 Å². The number of carbonyl (C=O) groups excluding carboxylic acids is 1. The molecule has 0 atom stereocenters. The van der Waals surface area contributed by atoms with E-state index in [9.17, 15) is 4.79 Å². The molecule has 1 saturated carbocycles. The van der Waals surface area contributed by atoms with Crippen LogP contribution in [0.1, 0.15) is 58.3 Å². The SMILES string of the molecule is CCNC(=NCCOC1CCCCCC1)N1CCC(C(=O)OC)CC1.I. The third kappa shape index (κ3) is 7.98. The first-order chi connectivity index (χ1) is 12.2. The van der Waals surface area contributed by atoms with Crippen LogP contribution in [-0.2, 0) is 14.3 Å². The average Bonchev–Trinajstić information content (AvgIpc) is 2.92. The maximum absolute atomic E-state index is 11.7. The van der Waals surface area contributed by atoms with Gasteiger partial charge in [0.1, 0.15) is 0 Å². The number of halogens is 1. The summed E-state index contributed by atoms with van der Waals surface area (Å²) < 4.78 is 10.9. The Morgan fingerprint density at radius 2 is 1.77 bits per heavy atom. The molecule has 1 aliphatic carbocycles. The van der Waals surface area contributed by atoms with Crippen LogP contribution in [-0.4, -0.2) is 62.8 Å². The molecule has 2 fully saturated rings. The number of guanidine groups is 1. The van der Waals surface area contributed by atoms with Crippen LogP contribution in [0.3, 0.4) is 0 Å². The molecule has 1 heterocycles. The second-order valence-corrected chi connectivity index (χ2v) is 7.00. The van der Waals surface area contributed by atoms with Crippen molar-refractivity contribution >= 4 is 35.9 Å². The van der Waals surface area contributed by atoms with Gasteiger partial charge in [-0.3, -0.25) is 9.79 Å². The summed E-state index contributed by atoms with van der Waals surface area (Å²) in [5, 5.41) is 3.36. The molecule has 6 nitrogen and oxygen atoms in total. The molecule has 7 heteroatoms. The van der Waals surface area contributed by atoms with Crippen molar-refractivity contribution < 1.29 is 14.3 Å². The van der Waals surface area contributed by atoms with Gasteiger partial charge >= 0.3 is 5.97 Å². The Kier molecular flexibility index (Phi) is 12.3. The van der Waals surface area contributed by atoms with Gasteiger partial charge in [0, 0.05) is 19.6 Å². The minimum atomic E-state index is -0.0848. The largest absolute Gasteiger partial charge is 0.469 e. The summed E-state index contributed by atoms with van der Waals surface area (Å²) in [6.07, 6.45) is 9.78. The van der Waals surface area contributed by atoms with Gasteiger partial charge in [0.05, 0.1) is 32.3 Å². The molecule has 1 saturated heterocycles. The van der Waals surface area contributed by atoms with E-state index < -0.39 is 0 Å². The van der Waals surface area contributed by atoms with Crippen molar-refractivity contribution in [1.29, 1.82) is 0 Å². The number of nitrogens with zero attached hydrogens (tertiary/aromatic N) is 2. The zero-order chi connectivity index (χ0) is 17.9. The van der Waals surface area contributed by atoms with Gasteiger partial charge in [0.2, 0.25) is 0 Å². The van der Waals surface area contributed by atoms with Crippen molar-refractivity contribution in [2.75, 3.05) is 39.9 Å². The van der Waals surface area contributed by atoms with Gasteiger partial charge in [-0.05, 0) is 32.6 Å². The third-order valence-corrected chi connectivity index (χ3v) is 5.17. The number of ether oxygens (including phenoxy) is 2. The number of esters is 1. The zero-order valence-electron chi connectivity index (χ0n) is 16.4. The summed E-state index contributed by atoms with van der Waals surface area (Å²) in [5.74, 6) is 0.886. The Morgan fingerprint density at radius 3 is 2.35 bits per heavy atom. The molecule has 152 valence electrons. The summed E-state index contributed by atoms with van der Waals surface area (Å²) in [4.78, 5) is 18.6. The van der Waals surface area contributed by atoms with E-state index >= 15 is 0 Å². The topological polar surface area (TPSA) is 63.2 Å². The van der Waals surface area contributed by atoms with Gasteiger partial charge in [-0.2, -0.15) is 0 Å². The Morgan fingerprint density at radius 1 is 1.12 bits per heavy atom. The molecule has 0 radical (unpaired) electrons. The lowest BCUT2D eigenvalue weighted by Crippen LogP contribution is -2.46. The van der Waals surface area contributed by atoms with Crippen LogP contribution >= 0.6 is 24.0 Å². The molecule has 26 heavy (non-hydrogen) atoms. The number of rotatable bonds is 6. The molecule has 2 rings (SSSR count). The molecular weight excluding hydrogens is 445 g/mol. The van der Waals surface area contributed by atoms with Crippen molar-refractivity contribution in [1.82, 2.24) is 10.2 Å². The predicted molar refractivity (Wildman–Crippen MR) is 115 cm³/mol. The van der Waals surface area contributed by atoms with Crippen molar-refractivity contribution in [2.45, 2.75) is 64.4 Å². The Hall–Kier alpha value is -0.570. The van der Waals surface area contributed by atoms with E-state index in [-0.39, 0.29) is 35.9 Å². The molecule has 1 N–H and O–H groups in total. The molecule has 0 spiro atoms. The zero-order valence-corrected chi connectivity index (χ0v) is 18.7. The van der Waals surface area contributed by atoms with E-state index in [0.717, 1.165) is 38.4 Å². The van der Waals surface area contributed by atoms with Gasteiger partial charge in [0.25, 0.3) is 0 Å². The number of hydrogen-bond donors (Lipinski definition) is 1. The summed E-state index contributed by atoms with van der Waals surface area (Å²) in [6.45, 7) is 6.00. The maximum Gasteiger partial charge on any atom is 0.308 e. The molecule has 1 aliphatic heterocycles. The highest BCUT2D eigenvalue weighted by atomic mass is 127. The molecule has 0 bridgehead atoms. The first-order valence-corrected chi connectivity index (χ1v) is 9.97. The number of nitrogens with one attached hydrogen (secondary N) is 1. The molecule has 0 aromatic carbocycles. The van der Waals surface area contributed by atoms with Crippen molar-refractivity contribution in [2.24, 2.45) is 10.9 Å². The molecule has 0 aromatic rings. The summed E-state index contributed by atoms with van der Waals surface area (Å²) in [6, 6.07) is 0. The fourth-order valence-corrected chi connectivity index (χ4v) is 3.70. The minimum absolute atomic E-state index is 0. The Labute approximate surface area is 175 Å². The second-order valence-electron chi connectivity index (χ2n) is 7.00. The van der Waals surface area contributed by atoms with Crippen molar-refractivity contribution in [3.63, 3.8) is 0 Å². The fourth-order valence-electron chi connectivity index (χ4n) is 3.70. The van der Waals surface area contributed by atoms with Gasteiger partial charge < -0.3 is 19.7 Å². The number of piperidine rings is 1. The van der Waals surface area contributed by atoms with Gasteiger partial charge in [-0.25, -0.2) is 0 Å². The predicted octanol–water partition coefficient (Wildman–Crippen LogP) is 3.19. The first-order valence-electron chi connectivity index (χ1n) is 9.97. The molecule has 0 amide bonds. The van der Waals surface area contributed by atoms with Crippen LogP contribution in [0.5, 0.6) is 0 Å². The van der Waals surface area contributed by atoms with E-state index in [4.69, 9.17) is 14.5 Å². The number of methoxy groups -OCH3 is 1. The average molecular weight is 481 g/mol. The molecule has 0 aromatic heterocycles. The van der Waals surface area contributed by atoms with Crippen LogP contribution in [0.4, 0.5) is 0 Å². The van der Waals surface area contributed by atoms with E-state index in [1.165, 1.54) is 45.6 Å². The van der Waals surface area contributed by atoms with Gasteiger partial charge in [-0.15, -0.1) is 24.0 Å². The summed E-state index contributed by atoms with van der Waals surface area (Å²) >= 11 is 0. The lowest BCUT2D eigenvalue weighted by Gasteiger charge is -2.33. The van der Waals surface area contributed by atoms with Crippen molar-refractivity contribution in [3.8, 4) is 0 Å². The molecule has 0 unspecified atom stereocenters. The fraction of sp³-hybridized carbons (Fsp3) is 0.895. The highest BCUT2D eigenvalue weighted by molar-refractivity contribution is 14.0. The Balaban J connectivity index is 0.00000338. The van der Waals surface area contributed by atoms with E-state index in [2.05, 4.69) is 17.1 Å². The lowest BCUT2D eigenvalue weighted by atomic mass is 9.97. The molecular formula is C19H36IN3O3. The Bertz CT molecular complexity index is 418. The maximum atomic E-state index is 11.7. The quantitative estimate of drug-likeness (QED) is 0.158. The van der Waals surface area contributed by atoms with E-state index in [1.54, 1.807) is 0 Å². The lowest BCUT2D eigenvalue weighted by molar-refractivity contribution is -0.146. The standard InChI is InChI=1S/C19H35N3O3.HI/c1-3-20-19(22-13-10-16(11-14-22)18(23)24-2)21-12-15-25-17-8-6-4-5-7-9-17;/h16-17H,3-15H2,1-2H3,(H,20,21);1H. The smallest absolute Gasteiger partial charge is 0.308 e. The number of aliphatic imine (C=N–C) groups is 1. The van der Waals surface area contributed by atoms with Crippen LogP contribution < -0.4 is 5.32 Å². The first kappa shape index (κ1) is 23.5. The summed E-state index contributed by atoms with van der Waals surface area (Å²) in [7, 11) is 1.47. The minimum Gasteiger partial charge on any atom is -0.469 e. The number of carbonyl (C=O) groups is 1. The highest BCUT2D eigenvalue weighted by Crippen LogP contribution is 2.20. The third-order valence-electron chi connectivity index (χ3n) is 5.17. The normalized spacial score (nSPS) is 20.2. The van der Waals surface area contributed by atoms with Crippen LogP contribution in [0, 0.1) is 5.92 Å².